The summed E-state index contributed by atoms with van der Waals surface area (Å²) >= 11 is 13.5. The zero-order valence-electron chi connectivity index (χ0n) is 14.7. The Bertz CT molecular complexity index is 1050. The van der Waals surface area contributed by atoms with Gasteiger partial charge in [-0.1, -0.05) is 35.3 Å². The molecular formula is C21H16Cl2N2O2S. The molecule has 7 heteroatoms. The number of carbonyl (C=O) groups is 2. The third-order valence-corrected chi connectivity index (χ3v) is 6.09. The van der Waals surface area contributed by atoms with E-state index in [4.69, 9.17) is 23.2 Å². The van der Waals surface area contributed by atoms with Crippen LogP contribution in [0.25, 0.3) is 0 Å². The second-order valence-corrected chi connectivity index (χ2v) is 8.31. The van der Waals surface area contributed by atoms with Gasteiger partial charge in [0.25, 0.3) is 11.8 Å². The highest BCUT2D eigenvalue weighted by Gasteiger charge is 2.23. The van der Waals surface area contributed by atoms with Gasteiger partial charge in [-0.3, -0.25) is 9.59 Å². The fourth-order valence-corrected chi connectivity index (χ4v) is 4.30. The first-order chi connectivity index (χ1) is 13.5. The molecule has 0 saturated heterocycles. The fourth-order valence-electron chi connectivity index (χ4n) is 3.23. The Hall–Kier alpha value is -2.34. The van der Waals surface area contributed by atoms with E-state index >= 15 is 0 Å². The van der Waals surface area contributed by atoms with Crippen molar-refractivity contribution in [2.75, 3.05) is 11.9 Å². The number of nitrogens with one attached hydrogen (secondary N) is 1. The van der Waals surface area contributed by atoms with Gasteiger partial charge in [-0.25, -0.2) is 0 Å². The normalized spacial score (nSPS) is 13.1. The van der Waals surface area contributed by atoms with Crippen LogP contribution in [0.1, 0.15) is 31.2 Å². The summed E-state index contributed by atoms with van der Waals surface area (Å²) in [7, 11) is 0. The third kappa shape index (κ3) is 3.92. The predicted octanol–water partition coefficient (Wildman–Crippen LogP) is 5.51. The lowest BCUT2D eigenvalue weighted by molar-refractivity contribution is 0.0739. The van der Waals surface area contributed by atoms with E-state index in [0.717, 1.165) is 16.9 Å². The molecule has 4 rings (SSSR count). The van der Waals surface area contributed by atoms with Crippen molar-refractivity contribution in [3.63, 3.8) is 0 Å². The molecule has 0 atom stereocenters. The maximum atomic E-state index is 12.6. The van der Waals surface area contributed by atoms with Crippen molar-refractivity contribution in [2.45, 2.75) is 13.0 Å². The van der Waals surface area contributed by atoms with Gasteiger partial charge < -0.3 is 10.2 Å². The van der Waals surface area contributed by atoms with Gasteiger partial charge in [0.05, 0.1) is 15.5 Å². The van der Waals surface area contributed by atoms with E-state index in [1.54, 1.807) is 18.2 Å². The molecule has 0 bridgehead atoms. The molecule has 0 unspecified atom stereocenters. The average molecular weight is 431 g/mol. The van der Waals surface area contributed by atoms with Gasteiger partial charge >= 0.3 is 0 Å². The quantitative estimate of drug-likeness (QED) is 0.595. The van der Waals surface area contributed by atoms with Crippen molar-refractivity contribution in [1.29, 1.82) is 0 Å². The van der Waals surface area contributed by atoms with Crippen LogP contribution in [-0.2, 0) is 13.0 Å². The highest BCUT2D eigenvalue weighted by atomic mass is 35.5. The van der Waals surface area contributed by atoms with E-state index in [1.165, 1.54) is 16.9 Å². The highest BCUT2D eigenvalue weighted by molar-refractivity contribution is 7.12. The van der Waals surface area contributed by atoms with Crippen molar-refractivity contribution in [3.8, 4) is 0 Å². The Balaban J connectivity index is 1.52. The van der Waals surface area contributed by atoms with E-state index in [1.807, 2.05) is 40.6 Å². The maximum absolute atomic E-state index is 12.6. The second kappa shape index (κ2) is 7.95. The number of carbonyl (C=O) groups excluding carboxylic acids is 2. The number of thiophene rings is 1. The number of anilines is 1. The van der Waals surface area contributed by atoms with Crippen molar-refractivity contribution >= 4 is 52.0 Å². The molecule has 0 radical (unpaired) electrons. The second-order valence-electron chi connectivity index (χ2n) is 6.52. The summed E-state index contributed by atoms with van der Waals surface area (Å²) < 4.78 is 0. The zero-order chi connectivity index (χ0) is 19.7. The van der Waals surface area contributed by atoms with Gasteiger partial charge in [0.1, 0.15) is 0 Å². The molecule has 142 valence electrons. The third-order valence-electron chi connectivity index (χ3n) is 4.67. The number of amides is 2. The summed E-state index contributed by atoms with van der Waals surface area (Å²) in [5, 5.41) is 5.55. The van der Waals surface area contributed by atoms with E-state index in [-0.39, 0.29) is 11.8 Å². The minimum absolute atomic E-state index is 0.0424. The lowest BCUT2D eigenvalue weighted by atomic mass is 9.98. The van der Waals surface area contributed by atoms with Gasteiger partial charge in [0.2, 0.25) is 0 Å². The van der Waals surface area contributed by atoms with E-state index in [0.29, 0.717) is 34.4 Å². The number of rotatable bonds is 3. The van der Waals surface area contributed by atoms with Gasteiger partial charge in [0.15, 0.2) is 0 Å². The summed E-state index contributed by atoms with van der Waals surface area (Å²) in [5.41, 5.74) is 3.20. The molecule has 1 N–H and O–H groups in total. The molecule has 1 aromatic heterocycles. The smallest absolute Gasteiger partial charge is 0.264 e. The molecule has 2 aromatic carbocycles. The average Bonchev–Trinajstić information content (AvgIpc) is 3.23. The van der Waals surface area contributed by atoms with Crippen LogP contribution in [0, 0.1) is 0 Å². The molecule has 3 aromatic rings. The van der Waals surface area contributed by atoms with Gasteiger partial charge in [0, 0.05) is 23.8 Å². The van der Waals surface area contributed by atoms with Crippen LogP contribution in [-0.4, -0.2) is 23.3 Å². The molecule has 2 amide bonds. The molecule has 28 heavy (non-hydrogen) atoms. The molecule has 2 heterocycles. The highest BCUT2D eigenvalue weighted by Crippen LogP contribution is 2.26. The number of hydrogen-bond donors (Lipinski definition) is 1. The van der Waals surface area contributed by atoms with Gasteiger partial charge in [-0.15, -0.1) is 11.3 Å². The topological polar surface area (TPSA) is 49.4 Å². The summed E-state index contributed by atoms with van der Waals surface area (Å²) in [6, 6.07) is 14.3. The minimum Gasteiger partial charge on any atom is -0.333 e. The molecule has 0 fully saturated rings. The summed E-state index contributed by atoms with van der Waals surface area (Å²) in [4.78, 5) is 27.8. The SMILES string of the molecule is O=C(Nc1ccc2c(c1)CN(C(=O)c1cccs1)CC2)c1cc(Cl)ccc1Cl. The Labute approximate surface area is 176 Å². The Morgan fingerprint density at radius 2 is 1.89 bits per heavy atom. The van der Waals surface area contributed by atoms with Gasteiger partial charge in [-0.05, 0) is 59.3 Å². The van der Waals surface area contributed by atoms with Gasteiger partial charge in [-0.2, -0.15) is 0 Å². The van der Waals surface area contributed by atoms with Crippen LogP contribution in [0.2, 0.25) is 10.0 Å². The molecule has 1 aliphatic heterocycles. The first-order valence-electron chi connectivity index (χ1n) is 8.72. The number of fused-ring (bicyclic) bond motifs is 1. The van der Waals surface area contributed by atoms with E-state index < -0.39 is 0 Å². The number of benzene rings is 2. The molecule has 0 spiro atoms. The largest absolute Gasteiger partial charge is 0.333 e. The number of nitrogens with zero attached hydrogens (tertiary/aromatic N) is 1. The lowest BCUT2D eigenvalue weighted by Gasteiger charge is -2.29. The molecule has 0 aliphatic carbocycles. The Morgan fingerprint density at radius 1 is 1.04 bits per heavy atom. The lowest BCUT2D eigenvalue weighted by Crippen LogP contribution is -2.35. The van der Waals surface area contributed by atoms with Crippen LogP contribution < -0.4 is 5.32 Å². The Morgan fingerprint density at radius 3 is 2.68 bits per heavy atom. The molecule has 0 saturated carbocycles. The predicted molar refractivity (Wildman–Crippen MR) is 114 cm³/mol. The van der Waals surface area contributed by atoms with Crippen molar-refractivity contribution in [1.82, 2.24) is 4.90 Å². The van der Waals surface area contributed by atoms with Crippen LogP contribution in [0.5, 0.6) is 0 Å². The standard InChI is InChI=1S/C21H16Cl2N2O2S/c22-15-4-6-18(23)17(11-15)20(26)24-16-5-3-13-7-8-25(12-14(13)10-16)21(27)19-2-1-9-28-19/h1-6,9-11H,7-8,12H2,(H,24,26). The number of halogens is 2. The summed E-state index contributed by atoms with van der Waals surface area (Å²) in [5.74, 6) is -0.282. The summed E-state index contributed by atoms with van der Waals surface area (Å²) in [6.45, 7) is 1.21. The van der Waals surface area contributed by atoms with Crippen LogP contribution in [0.15, 0.2) is 53.9 Å². The zero-order valence-corrected chi connectivity index (χ0v) is 17.1. The van der Waals surface area contributed by atoms with Crippen molar-refractivity contribution in [2.24, 2.45) is 0 Å². The van der Waals surface area contributed by atoms with Crippen molar-refractivity contribution < 1.29 is 9.59 Å². The molecule has 1 aliphatic rings. The maximum Gasteiger partial charge on any atom is 0.264 e. The van der Waals surface area contributed by atoms with E-state index in [2.05, 4.69) is 5.32 Å². The number of hydrogen-bond acceptors (Lipinski definition) is 3. The van der Waals surface area contributed by atoms with Crippen LogP contribution in [0.3, 0.4) is 0 Å². The molecular weight excluding hydrogens is 415 g/mol. The van der Waals surface area contributed by atoms with Crippen molar-refractivity contribution in [3.05, 3.63) is 85.5 Å². The minimum atomic E-state index is -0.324. The van der Waals surface area contributed by atoms with Crippen LogP contribution in [0.4, 0.5) is 5.69 Å². The molecule has 4 nitrogen and oxygen atoms in total. The monoisotopic (exact) mass is 430 g/mol. The first-order valence-corrected chi connectivity index (χ1v) is 10.4. The Kier molecular flexibility index (Phi) is 5.40. The summed E-state index contributed by atoms with van der Waals surface area (Å²) in [6.07, 6.45) is 0.792. The van der Waals surface area contributed by atoms with E-state index in [9.17, 15) is 9.59 Å². The fraction of sp³-hybridized carbons (Fsp3) is 0.143. The first kappa shape index (κ1) is 19.0. The van der Waals surface area contributed by atoms with Crippen LogP contribution >= 0.6 is 34.5 Å².